The van der Waals surface area contributed by atoms with Crippen LogP contribution in [0.25, 0.3) is 0 Å². The number of nitrogens with zero attached hydrogens (tertiary/aromatic N) is 2. The van der Waals surface area contributed by atoms with Gasteiger partial charge in [-0.25, -0.2) is 13.6 Å². The zero-order valence-corrected chi connectivity index (χ0v) is 11.3. The number of carbonyl (C=O) groups excluding carboxylic acids is 1. The fourth-order valence-corrected chi connectivity index (χ4v) is 1.85. The number of aromatic nitrogens is 2. The predicted octanol–water partition coefficient (Wildman–Crippen LogP) is -0.516. The molecule has 1 aromatic heterocycles. The first-order chi connectivity index (χ1) is 8.37. The van der Waals surface area contributed by atoms with Crippen LogP contribution < -0.4 is 10.5 Å². The molecular formula is C10H18N4O3S. The number of hydrogen-bond donors (Lipinski definition) is 2. The van der Waals surface area contributed by atoms with Crippen molar-refractivity contribution in [2.75, 3.05) is 12.3 Å². The summed E-state index contributed by atoms with van der Waals surface area (Å²) >= 11 is 0. The quantitative estimate of drug-likeness (QED) is 0.728. The maximum atomic E-state index is 11.8. The Bertz CT molecular complexity index is 521. The maximum Gasteiger partial charge on any atom is 0.269 e. The van der Waals surface area contributed by atoms with Crippen molar-refractivity contribution in [1.82, 2.24) is 15.1 Å². The Labute approximate surface area is 106 Å². The van der Waals surface area contributed by atoms with Crippen molar-refractivity contribution in [2.45, 2.75) is 26.8 Å². The minimum absolute atomic E-state index is 0.00593. The first-order valence-corrected chi connectivity index (χ1v) is 7.44. The summed E-state index contributed by atoms with van der Waals surface area (Å²) in [4.78, 5) is 11.8. The summed E-state index contributed by atoms with van der Waals surface area (Å²) in [6, 6.07) is 1.70. The Balaban J connectivity index is 2.69. The van der Waals surface area contributed by atoms with Crippen molar-refractivity contribution < 1.29 is 13.2 Å². The van der Waals surface area contributed by atoms with Gasteiger partial charge in [-0.2, -0.15) is 5.10 Å². The Kier molecular flexibility index (Phi) is 4.85. The monoisotopic (exact) mass is 274 g/mol. The predicted molar refractivity (Wildman–Crippen MR) is 67.6 cm³/mol. The van der Waals surface area contributed by atoms with Crippen LogP contribution in [0, 0.1) is 0 Å². The molecule has 1 amide bonds. The summed E-state index contributed by atoms with van der Waals surface area (Å²) in [5.41, 5.74) is 1.26. The van der Waals surface area contributed by atoms with Gasteiger partial charge in [0, 0.05) is 13.1 Å². The molecule has 18 heavy (non-hydrogen) atoms. The molecule has 0 unspecified atom stereocenters. The van der Waals surface area contributed by atoms with Crippen LogP contribution in [0.5, 0.6) is 0 Å². The molecule has 0 spiro atoms. The highest BCUT2D eigenvalue weighted by Gasteiger charge is 2.14. The molecule has 0 aromatic carbocycles. The lowest BCUT2D eigenvalue weighted by atomic mass is 10.3. The van der Waals surface area contributed by atoms with E-state index < -0.39 is 10.0 Å². The number of sulfonamides is 1. The molecule has 0 atom stereocenters. The molecule has 0 saturated carbocycles. The smallest absolute Gasteiger partial charge is 0.269 e. The van der Waals surface area contributed by atoms with Crippen molar-refractivity contribution in [3.05, 3.63) is 17.5 Å². The highest BCUT2D eigenvalue weighted by Crippen LogP contribution is 2.05. The maximum absolute atomic E-state index is 11.8. The van der Waals surface area contributed by atoms with E-state index in [4.69, 9.17) is 5.14 Å². The van der Waals surface area contributed by atoms with E-state index in [1.165, 1.54) is 0 Å². The fraction of sp³-hybridized carbons (Fsp3) is 0.600. The van der Waals surface area contributed by atoms with Crippen LogP contribution in [0.15, 0.2) is 6.07 Å². The van der Waals surface area contributed by atoms with E-state index >= 15 is 0 Å². The number of carbonyl (C=O) groups is 1. The summed E-state index contributed by atoms with van der Waals surface area (Å²) in [6.07, 6.45) is 0.741. The van der Waals surface area contributed by atoms with Crippen LogP contribution in [0.3, 0.4) is 0 Å². The van der Waals surface area contributed by atoms with Gasteiger partial charge in [-0.1, -0.05) is 6.92 Å². The van der Waals surface area contributed by atoms with E-state index in [0.717, 1.165) is 12.1 Å². The van der Waals surface area contributed by atoms with E-state index in [2.05, 4.69) is 10.4 Å². The Morgan fingerprint density at radius 2 is 2.17 bits per heavy atom. The highest BCUT2D eigenvalue weighted by molar-refractivity contribution is 7.89. The average Bonchev–Trinajstić information content (AvgIpc) is 2.70. The number of aryl methyl sites for hydroxylation is 2. The SMILES string of the molecule is CCc1cc(C(=O)NCCS(N)(=O)=O)n(CC)n1. The Morgan fingerprint density at radius 3 is 2.67 bits per heavy atom. The molecule has 0 aliphatic rings. The van der Waals surface area contributed by atoms with Gasteiger partial charge in [0.2, 0.25) is 10.0 Å². The standard InChI is InChI=1S/C10H18N4O3S/c1-3-8-7-9(14(4-2)13-8)10(15)12-5-6-18(11,16)17/h7H,3-6H2,1-2H3,(H,12,15)(H2,11,16,17). The van der Waals surface area contributed by atoms with Crippen LogP contribution in [-0.2, 0) is 23.0 Å². The van der Waals surface area contributed by atoms with Gasteiger partial charge in [-0.15, -0.1) is 0 Å². The molecule has 1 heterocycles. The molecule has 1 aromatic rings. The van der Waals surface area contributed by atoms with E-state index in [-0.39, 0.29) is 18.2 Å². The van der Waals surface area contributed by atoms with E-state index in [0.29, 0.717) is 12.2 Å². The zero-order chi connectivity index (χ0) is 13.8. The molecule has 102 valence electrons. The van der Waals surface area contributed by atoms with Gasteiger partial charge in [0.1, 0.15) is 5.69 Å². The van der Waals surface area contributed by atoms with Crippen LogP contribution >= 0.6 is 0 Å². The summed E-state index contributed by atoms with van der Waals surface area (Å²) in [6.45, 7) is 4.41. The van der Waals surface area contributed by atoms with Gasteiger partial charge in [0.05, 0.1) is 11.4 Å². The number of amides is 1. The number of nitrogens with two attached hydrogens (primary N) is 1. The molecule has 0 saturated heterocycles. The highest BCUT2D eigenvalue weighted by atomic mass is 32.2. The fourth-order valence-electron chi connectivity index (χ4n) is 1.46. The van der Waals surface area contributed by atoms with Gasteiger partial charge in [0.15, 0.2) is 0 Å². The first kappa shape index (κ1) is 14.7. The summed E-state index contributed by atoms with van der Waals surface area (Å²) in [7, 11) is -3.55. The first-order valence-electron chi connectivity index (χ1n) is 5.72. The molecule has 3 N–H and O–H groups in total. The van der Waals surface area contributed by atoms with Crippen molar-refractivity contribution >= 4 is 15.9 Å². The van der Waals surface area contributed by atoms with E-state index in [1.807, 2.05) is 13.8 Å². The molecule has 0 radical (unpaired) electrons. The van der Waals surface area contributed by atoms with Crippen molar-refractivity contribution in [3.63, 3.8) is 0 Å². The van der Waals surface area contributed by atoms with Gasteiger partial charge in [-0.05, 0) is 19.4 Å². The molecule has 8 heteroatoms. The molecule has 0 fully saturated rings. The minimum atomic E-state index is -3.55. The molecule has 0 aliphatic carbocycles. The summed E-state index contributed by atoms with van der Waals surface area (Å²) in [5.74, 6) is -0.618. The third-order valence-electron chi connectivity index (χ3n) is 2.40. The van der Waals surface area contributed by atoms with E-state index in [1.54, 1.807) is 10.7 Å². The van der Waals surface area contributed by atoms with Crippen molar-refractivity contribution in [1.29, 1.82) is 0 Å². The lowest BCUT2D eigenvalue weighted by molar-refractivity contribution is 0.0945. The van der Waals surface area contributed by atoms with Crippen LogP contribution in [0.4, 0.5) is 0 Å². The van der Waals surface area contributed by atoms with Crippen LogP contribution in [0.1, 0.15) is 30.0 Å². The summed E-state index contributed by atoms with van der Waals surface area (Å²) < 4.78 is 23.1. The van der Waals surface area contributed by atoms with E-state index in [9.17, 15) is 13.2 Å². The molecule has 0 aliphatic heterocycles. The third-order valence-corrected chi connectivity index (χ3v) is 3.17. The third kappa shape index (κ3) is 4.11. The molecule has 0 bridgehead atoms. The molecule has 7 nitrogen and oxygen atoms in total. The van der Waals surface area contributed by atoms with Gasteiger partial charge in [0.25, 0.3) is 5.91 Å². The minimum Gasteiger partial charge on any atom is -0.350 e. The van der Waals surface area contributed by atoms with Crippen molar-refractivity contribution in [3.8, 4) is 0 Å². The lowest BCUT2D eigenvalue weighted by Crippen LogP contribution is -2.32. The second-order valence-electron chi connectivity index (χ2n) is 3.81. The Hall–Kier alpha value is -1.41. The van der Waals surface area contributed by atoms with Crippen LogP contribution in [0.2, 0.25) is 0 Å². The largest absolute Gasteiger partial charge is 0.350 e. The van der Waals surface area contributed by atoms with Gasteiger partial charge in [-0.3, -0.25) is 9.48 Å². The Morgan fingerprint density at radius 1 is 1.50 bits per heavy atom. The zero-order valence-electron chi connectivity index (χ0n) is 10.5. The van der Waals surface area contributed by atoms with Crippen molar-refractivity contribution in [2.24, 2.45) is 5.14 Å². The average molecular weight is 274 g/mol. The lowest BCUT2D eigenvalue weighted by Gasteiger charge is -2.05. The second-order valence-corrected chi connectivity index (χ2v) is 5.55. The second kappa shape index (κ2) is 5.96. The number of hydrogen-bond acceptors (Lipinski definition) is 4. The number of rotatable bonds is 6. The number of primary sulfonamides is 1. The normalized spacial score (nSPS) is 11.5. The molecular weight excluding hydrogens is 256 g/mol. The van der Waals surface area contributed by atoms with Crippen LogP contribution in [-0.4, -0.2) is 36.4 Å². The number of nitrogens with one attached hydrogen (secondary N) is 1. The van der Waals surface area contributed by atoms with Gasteiger partial charge < -0.3 is 5.32 Å². The molecule has 1 rings (SSSR count). The summed E-state index contributed by atoms with van der Waals surface area (Å²) in [5, 5.41) is 11.6. The topological polar surface area (TPSA) is 107 Å². The van der Waals surface area contributed by atoms with Gasteiger partial charge >= 0.3 is 0 Å².